The highest BCUT2D eigenvalue weighted by atomic mass is 79.9. The topological polar surface area (TPSA) is 26.9 Å². The number of rotatable bonds is 1. The molecule has 1 heterocycles. The van der Waals surface area contributed by atoms with Crippen molar-refractivity contribution in [2.45, 2.75) is 0 Å². The first-order valence-corrected chi connectivity index (χ1v) is 6.42. The molecule has 0 aliphatic heterocycles. The highest BCUT2D eigenvalue weighted by Crippen LogP contribution is 2.27. The number of fused-ring (bicyclic) bond motifs is 1. The van der Waals surface area contributed by atoms with Gasteiger partial charge >= 0.3 is 0 Å². The summed E-state index contributed by atoms with van der Waals surface area (Å²) in [6, 6.07) is 17.6. The van der Waals surface area contributed by atoms with Crippen LogP contribution in [0.2, 0.25) is 0 Å². The summed E-state index contributed by atoms with van der Waals surface area (Å²) in [5.74, 6) is 0. The largest absolute Gasteiger partial charge is 0.618 e. The van der Waals surface area contributed by atoms with Crippen LogP contribution in [0.3, 0.4) is 0 Å². The van der Waals surface area contributed by atoms with Crippen molar-refractivity contribution in [2.75, 3.05) is 0 Å². The van der Waals surface area contributed by atoms with Crippen molar-refractivity contribution in [3.05, 3.63) is 70.5 Å². The van der Waals surface area contributed by atoms with E-state index in [4.69, 9.17) is 0 Å². The Hall–Kier alpha value is -1.87. The molecular formula is C15H10BrNO. The molecule has 2 aromatic carbocycles. The van der Waals surface area contributed by atoms with Crippen LogP contribution in [0.4, 0.5) is 0 Å². The van der Waals surface area contributed by atoms with E-state index in [2.05, 4.69) is 15.9 Å². The van der Waals surface area contributed by atoms with Crippen LogP contribution in [-0.4, -0.2) is 0 Å². The molecule has 0 spiro atoms. The smallest absolute Gasteiger partial charge is 0.231 e. The van der Waals surface area contributed by atoms with Crippen molar-refractivity contribution in [1.82, 2.24) is 0 Å². The van der Waals surface area contributed by atoms with Gasteiger partial charge in [0.2, 0.25) is 5.52 Å². The predicted molar refractivity (Wildman–Crippen MR) is 76.0 cm³/mol. The summed E-state index contributed by atoms with van der Waals surface area (Å²) in [5.41, 5.74) is 2.71. The minimum atomic E-state index is 0.710. The van der Waals surface area contributed by atoms with Crippen molar-refractivity contribution in [3.63, 3.8) is 0 Å². The van der Waals surface area contributed by atoms with Crippen LogP contribution < -0.4 is 4.73 Å². The number of hydrogen-bond donors (Lipinski definition) is 0. The average molecular weight is 300 g/mol. The van der Waals surface area contributed by atoms with Crippen LogP contribution in [0.1, 0.15) is 0 Å². The number of pyridine rings is 1. The molecule has 0 saturated heterocycles. The van der Waals surface area contributed by atoms with Gasteiger partial charge in [0.15, 0.2) is 6.20 Å². The number of benzene rings is 2. The van der Waals surface area contributed by atoms with E-state index in [0.29, 0.717) is 5.52 Å². The summed E-state index contributed by atoms with van der Waals surface area (Å²) in [6.45, 7) is 0. The molecule has 0 atom stereocenters. The maximum absolute atomic E-state index is 11.9. The summed E-state index contributed by atoms with van der Waals surface area (Å²) in [4.78, 5) is 0. The SMILES string of the molecule is [O-][n+]1cccc2cccc(-c3ccc(Br)cc3)c21. The van der Waals surface area contributed by atoms with E-state index in [-0.39, 0.29) is 0 Å². The van der Waals surface area contributed by atoms with Gasteiger partial charge in [-0.2, -0.15) is 4.73 Å². The van der Waals surface area contributed by atoms with Gasteiger partial charge in [-0.05, 0) is 35.9 Å². The minimum Gasteiger partial charge on any atom is -0.618 e. The maximum atomic E-state index is 11.9. The fourth-order valence-electron chi connectivity index (χ4n) is 2.10. The van der Waals surface area contributed by atoms with Gasteiger partial charge in [-0.3, -0.25) is 0 Å². The van der Waals surface area contributed by atoms with E-state index < -0.39 is 0 Å². The molecule has 0 bridgehead atoms. The molecule has 0 radical (unpaired) electrons. The Morgan fingerprint density at radius 2 is 1.61 bits per heavy atom. The maximum Gasteiger partial charge on any atom is 0.231 e. The highest BCUT2D eigenvalue weighted by Gasteiger charge is 2.10. The van der Waals surface area contributed by atoms with Crippen molar-refractivity contribution in [1.29, 1.82) is 0 Å². The van der Waals surface area contributed by atoms with Crippen molar-refractivity contribution in [2.24, 2.45) is 0 Å². The molecule has 0 amide bonds. The molecule has 3 aromatic rings. The first-order valence-electron chi connectivity index (χ1n) is 5.62. The van der Waals surface area contributed by atoms with Gasteiger partial charge in [-0.25, -0.2) is 0 Å². The molecule has 88 valence electrons. The lowest BCUT2D eigenvalue weighted by Crippen LogP contribution is -2.26. The van der Waals surface area contributed by atoms with Gasteiger partial charge in [0.25, 0.3) is 0 Å². The normalized spacial score (nSPS) is 10.7. The van der Waals surface area contributed by atoms with E-state index in [1.165, 1.54) is 6.20 Å². The lowest BCUT2D eigenvalue weighted by molar-refractivity contribution is -0.576. The van der Waals surface area contributed by atoms with Crippen molar-refractivity contribution < 1.29 is 4.73 Å². The molecule has 0 unspecified atom stereocenters. The molecule has 0 fully saturated rings. The van der Waals surface area contributed by atoms with Crippen molar-refractivity contribution >= 4 is 26.8 Å². The molecule has 3 rings (SSSR count). The fourth-order valence-corrected chi connectivity index (χ4v) is 2.37. The second kappa shape index (κ2) is 4.42. The Balaban J connectivity index is 2.32. The third kappa shape index (κ3) is 1.87. The number of hydrogen-bond acceptors (Lipinski definition) is 1. The van der Waals surface area contributed by atoms with E-state index in [0.717, 1.165) is 25.7 Å². The van der Waals surface area contributed by atoms with Crippen molar-refractivity contribution in [3.8, 4) is 11.1 Å². The zero-order valence-corrected chi connectivity index (χ0v) is 11.1. The Morgan fingerprint density at radius 3 is 2.39 bits per heavy atom. The molecule has 3 heteroatoms. The predicted octanol–water partition coefficient (Wildman–Crippen LogP) is 3.90. The quantitative estimate of drug-likeness (QED) is 0.494. The van der Waals surface area contributed by atoms with Gasteiger partial charge in [-0.1, -0.05) is 34.1 Å². The summed E-state index contributed by atoms with van der Waals surface area (Å²) < 4.78 is 1.95. The van der Waals surface area contributed by atoms with Gasteiger partial charge in [0.1, 0.15) is 0 Å². The Labute approximate surface area is 113 Å². The average Bonchev–Trinajstić information content (AvgIpc) is 2.39. The number of nitrogens with zero attached hydrogens (tertiary/aromatic N) is 1. The molecule has 18 heavy (non-hydrogen) atoms. The number of aromatic nitrogens is 1. The molecule has 0 aliphatic carbocycles. The third-order valence-electron chi connectivity index (χ3n) is 2.94. The Morgan fingerprint density at radius 1 is 0.889 bits per heavy atom. The second-order valence-corrected chi connectivity index (χ2v) is 5.00. The monoisotopic (exact) mass is 299 g/mol. The molecular weight excluding hydrogens is 290 g/mol. The summed E-state index contributed by atoms with van der Waals surface area (Å²) >= 11 is 3.42. The van der Waals surface area contributed by atoms with Crippen LogP contribution >= 0.6 is 15.9 Å². The zero-order chi connectivity index (χ0) is 12.5. The number of halogens is 1. The van der Waals surface area contributed by atoms with E-state index >= 15 is 0 Å². The van der Waals surface area contributed by atoms with Gasteiger partial charge in [0, 0.05) is 15.9 Å². The zero-order valence-electron chi connectivity index (χ0n) is 9.51. The van der Waals surface area contributed by atoms with Gasteiger partial charge in [0.05, 0.1) is 5.56 Å². The first-order chi connectivity index (χ1) is 8.75. The van der Waals surface area contributed by atoms with E-state index in [1.807, 2.05) is 48.5 Å². The van der Waals surface area contributed by atoms with E-state index in [9.17, 15) is 5.21 Å². The van der Waals surface area contributed by atoms with Crippen LogP contribution in [-0.2, 0) is 0 Å². The number of para-hydroxylation sites is 1. The lowest BCUT2D eigenvalue weighted by Gasteiger charge is -2.07. The molecule has 0 N–H and O–H groups in total. The molecule has 2 nitrogen and oxygen atoms in total. The molecule has 0 saturated carbocycles. The van der Waals surface area contributed by atoms with Crippen LogP contribution in [0, 0.1) is 5.21 Å². The van der Waals surface area contributed by atoms with Crippen LogP contribution in [0.25, 0.3) is 22.0 Å². The molecule has 0 aliphatic rings. The van der Waals surface area contributed by atoms with Gasteiger partial charge < -0.3 is 5.21 Å². The summed E-state index contributed by atoms with van der Waals surface area (Å²) in [6.07, 6.45) is 1.53. The fraction of sp³-hybridized carbons (Fsp3) is 0. The lowest BCUT2D eigenvalue weighted by atomic mass is 10.0. The Kier molecular flexibility index (Phi) is 2.76. The standard InChI is InChI=1S/C15H10BrNO/c16-13-8-6-11(7-9-13)14-5-1-3-12-4-2-10-17(18)15(12)14/h1-10H. The first kappa shape index (κ1) is 11.2. The van der Waals surface area contributed by atoms with Crippen LogP contribution in [0.15, 0.2) is 65.3 Å². The third-order valence-corrected chi connectivity index (χ3v) is 3.47. The second-order valence-electron chi connectivity index (χ2n) is 4.08. The van der Waals surface area contributed by atoms with Gasteiger partial charge in [-0.15, -0.1) is 0 Å². The van der Waals surface area contributed by atoms with Crippen LogP contribution in [0.5, 0.6) is 0 Å². The summed E-state index contributed by atoms with van der Waals surface area (Å²) in [5, 5.41) is 12.9. The molecule has 1 aromatic heterocycles. The van der Waals surface area contributed by atoms with E-state index in [1.54, 1.807) is 6.07 Å². The highest BCUT2D eigenvalue weighted by molar-refractivity contribution is 9.10. The Bertz CT molecular complexity index is 702. The summed E-state index contributed by atoms with van der Waals surface area (Å²) in [7, 11) is 0. The minimum absolute atomic E-state index is 0.710.